The van der Waals surface area contributed by atoms with Gasteiger partial charge in [0.1, 0.15) is 11.8 Å². The van der Waals surface area contributed by atoms with Crippen LogP contribution in [0.2, 0.25) is 0 Å². The monoisotopic (exact) mass is 391 g/mol. The Hall–Kier alpha value is -2.49. The van der Waals surface area contributed by atoms with Crippen molar-refractivity contribution in [2.75, 3.05) is 26.0 Å². The van der Waals surface area contributed by atoms with E-state index in [4.69, 9.17) is 9.47 Å². The Morgan fingerprint density at radius 2 is 2.22 bits per heavy atom. The van der Waals surface area contributed by atoms with Gasteiger partial charge in [0.25, 0.3) is 0 Å². The fraction of sp³-hybridized carbons (Fsp3) is 0.333. The zero-order chi connectivity index (χ0) is 19.3. The van der Waals surface area contributed by atoms with Crippen molar-refractivity contribution in [1.29, 1.82) is 0 Å². The maximum absolute atomic E-state index is 12.2. The van der Waals surface area contributed by atoms with Crippen LogP contribution in [0.3, 0.4) is 0 Å². The minimum absolute atomic E-state index is 0.161. The van der Waals surface area contributed by atoms with Crippen LogP contribution in [0.5, 0.6) is 11.6 Å². The van der Waals surface area contributed by atoms with Crippen LogP contribution in [0.25, 0.3) is 0 Å². The normalized spacial score (nSPS) is 17.3. The fourth-order valence-electron chi connectivity index (χ4n) is 2.57. The molecule has 1 atom stereocenters. The van der Waals surface area contributed by atoms with E-state index in [1.807, 2.05) is 0 Å². The van der Waals surface area contributed by atoms with E-state index in [0.717, 1.165) is 6.26 Å². The number of carbonyl (C=O) groups excluding carboxylic acids is 1. The summed E-state index contributed by atoms with van der Waals surface area (Å²) in [5, 5.41) is 5.92. The molecule has 144 valence electrons. The van der Waals surface area contributed by atoms with Gasteiger partial charge < -0.3 is 20.1 Å². The number of benzene rings is 1. The molecule has 1 amide bonds. The van der Waals surface area contributed by atoms with Gasteiger partial charge in [0.2, 0.25) is 11.8 Å². The SMILES string of the molecule is CS(=O)(=O)c1cccc(Oc2ncccc2CNC(=O)C2COCCN2)c1. The molecule has 1 fully saturated rings. The zero-order valence-electron chi connectivity index (χ0n) is 14.8. The van der Waals surface area contributed by atoms with Crippen molar-refractivity contribution in [1.82, 2.24) is 15.6 Å². The molecular weight excluding hydrogens is 370 g/mol. The molecule has 27 heavy (non-hydrogen) atoms. The van der Waals surface area contributed by atoms with Crippen LogP contribution in [-0.2, 0) is 25.9 Å². The molecule has 9 heteroatoms. The molecule has 1 aromatic heterocycles. The van der Waals surface area contributed by atoms with Crippen LogP contribution in [0.4, 0.5) is 0 Å². The molecular formula is C18H21N3O5S. The molecule has 3 rings (SSSR count). The van der Waals surface area contributed by atoms with E-state index >= 15 is 0 Å². The predicted octanol–water partition coefficient (Wildman–Crippen LogP) is 0.882. The third kappa shape index (κ3) is 5.25. The average Bonchev–Trinajstić information content (AvgIpc) is 2.67. The molecule has 0 saturated carbocycles. The van der Waals surface area contributed by atoms with Gasteiger partial charge in [-0.25, -0.2) is 13.4 Å². The summed E-state index contributed by atoms with van der Waals surface area (Å²) in [5.74, 6) is 0.492. The number of hydrogen-bond donors (Lipinski definition) is 2. The molecule has 1 aliphatic heterocycles. The highest BCUT2D eigenvalue weighted by Crippen LogP contribution is 2.25. The molecule has 0 radical (unpaired) electrons. The van der Waals surface area contributed by atoms with Gasteiger partial charge in [0.05, 0.1) is 18.1 Å². The number of sulfone groups is 1. The minimum atomic E-state index is -3.34. The zero-order valence-corrected chi connectivity index (χ0v) is 15.7. The molecule has 2 heterocycles. The van der Waals surface area contributed by atoms with Crippen LogP contribution in [0.15, 0.2) is 47.5 Å². The van der Waals surface area contributed by atoms with E-state index in [1.54, 1.807) is 30.5 Å². The first-order valence-corrected chi connectivity index (χ1v) is 10.3. The third-order valence-corrected chi connectivity index (χ3v) is 5.10. The lowest BCUT2D eigenvalue weighted by molar-refractivity contribution is -0.126. The number of rotatable bonds is 6. The lowest BCUT2D eigenvalue weighted by Crippen LogP contribution is -2.51. The number of hydrogen-bond acceptors (Lipinski definition) is 7. The number of pyridine rings is 1. The summed E-state index contributed by atoms with van der Waals surface area (Å²) in [6, 6.07) is 9.33. The molecule has 2 aromatic rings. The van der Waals surface area contributed by atoms with Crippen molar-refractivity contribution >= 4 is 15.7 Å². The van der Waals surface area contributed by atoms with Crippen molar-refractivity contribution in [2.24, 2.45) is 0 Å². The van der Waals surface area contributed by atoms with Crippen molar-refractivity contribution < 1.29 is 22.7 Å². The van der Waals surface area contributed by atoms with E-state index < -0.39 is 9.84 Å². The first kappa shape index (κ1) is 19.3. The van der Waals surface area contributed by atoms with E-state index in [2.05, 4.69) is 15.6 Å². The standard InChI is InChI=1S/C18H21N3O5S/c1-27(23,24)15-6-2-5-14(10-15)26-18-13(4-3-7-20-18)11-21-17(22)16-12-25-9-8-19-16/h2-7,10,16,19H,8-9,11-12H2,1H3,(H,21,22). The van der Waals surface area contributed by atoms with Crippen molar-refractivity contribution in [2.45, 2.75) is 17.5 Å². The van der Waals surface area contributed by atoms with E-state index in [1.165, 1.54) is 12.1 Å². The number of ether oxygens (including phenoxy) is 2. The Morgan fingerprint density at radius 1 is 1.37 bits per heavy atom. The van der Waals surface area contributed by atoms with Crippen LogP contribution in [0.1, 0.15) is 5.56 Å². The summed E-state index contributed by atoms with van der Waals surface area (Å²) in [6.07, 6.45) is 2.70. The Labute approximate surface area is 157 Å². The molecule has 1 saturated heterocycles. The summed E-state index contributed by atoms with van der Waals surface area (Å²) >= 11 is 0. The summed E-state index contributed by atoms with van der Waals surface area (Å²) in [7, 11) is -3.34. The van der Waals surface area contributed by atoms with Gasteiger partial charge in [-0.15, -0.1) is 0 Å². The number of nitrogens with one attached hydrogen (secondary N) is 2. The Kier molecular flexibility index (Phi) is 6.04. The second-order valence-corrected chi connectivity index (χ2v) is 8.13. The maximum Gasteiger partial charge on any atom is 0.239 e. The van der Waals surface area contributed by atoms with Crippen molar-refractivity contribution in [3.8, 4) is 11.6 Å². The topological polar surface area (TPSA) is 107 Å². The molecule has 1 unspecified atom stereocenters. The molecule has 0 spiro atoms. The van der Waals surface area contributed by atoms with Gasteiger partial charge in [-0.2, -0.15) is 0 Å². The van der Waals surface area contributed by atoms with Crippen molar-refractivity contribution in [3.63, 3.8) is 0 Å². The van der Waals surface area contributed by atoms with Gasteiger partial charge >= 0.3 is 0 Å². The molecule has 1 aromatic carbocycles. The molecule has 2 N–H and O–H groups in total. The van der Waals surface area contributed by atoms with Crippen LogP contribution in [-0.4, -0.2) is 51.4 Å². The molecule has 0 bridgehead atoms. The molecule has 0 aliphatic carbocycles. The number of morpholine rings is 1. The first-order chi connectivity index (χ1) is 12.9. The summed E-state index contributed by atoms with van der Waals surface area (Å²) in [6.45, 7) is 1.79. The number of aromatic nitrogens is 1. The van der Waals surface area contributed by atoms with Gasteiger partial charge in [0.15, 0.2) is 9.84 Å². The largest absolute Gasteiger partial charge is 0.439 e. The van der Waals surface area contributed by atoms with Gasteiger partial charge in [-0.05, 0) is 24.3 Å². The van der Waals surface area contributed by atoms with Gasteiger partial charge in [-0.1, -0.05) is 12.1 Å². The predicted molar refractivity (Wildman–Crippen MR) is 98.3 cm³/mol. The Balaban J connectivity index is 1.70. The highest BCUT2D eigenvalue weighted by molar-refractivity contribution is 7.90. The number of nitrogens with zero attached hydrogens (tertiary/aromatic N) is 1. The van der Waals surface area contributed by atoms with Crippen molar-refractivity contribution in [3.05, 3.63) is 48.2 Å². The Bertz CT molecular complexity index is 911. The van der Waals surface area contributed by atoms with E-state index in [9.17, 15) is 13.2 Å². The van der Waals surface area contributed by atoms with Crippen LogP contribution >= 0.6 is 0 Å². The minimum Gasteiger partial charge on any atom is -0.439 e. The quantitative estimate of drug-likeness (QED) is 0.753. The maximum atomic E-state index is 12.2. The lowest BCUT2D eigenvalue weighted by atomic mass is 10.2. The first-order valence-electron chi connectivity index (χ1n) is 8.44. The summed E-state index contributed by atoms with van der Waals surface area (Å²) in [5.41, 5.74) is 0.673. The van der Waals surface area contributed by atoms with Gasteiger partial charge in [0, 0.05) is 31.1 Å². The molecule has 8 nitrogen and oxygen atoms in total. The third-order valence-electron chi connectivity index (χ3n) is 3.99. The van der Waals surface area contributed by atoms with E-state index in [-0.39, 0.29) is 23.4 Å². The number of carbonyl (C=O) groups is 1. The van der Waals surface area contributed by atoms with Crippen LogP contribution in [0, 0.1) is 0 Å². The van der Waals surface area contributed by atoms with E-state index in [0.29, 0.717) is 37.0 Å². The lowest BCUT2D eigenvalue weighted by Gasteiger charge is -2.23. The summed E-state index contributed by atoms with van der Waals surface area (Å²) < 4.78 is 34.4. The second-order valence-electron chi connectivity index (χ2n) is 6.12. The molecule has 1 aliphatic rings. The Morgan fingerprint density at radius 3 is 2.96 bits per heavy atom. The number of amides is 1. The highest BCUT2D eigenvalue weighted by Gasteiger charge is 2.21. The van der Waals surface area contributed by atoms with Crippen LogP contribution < -0.4 is 15.4 Å². The fourth-order valence-corrected chi connectivity index (χ4v) is 3.23. The highest BCUT2D eigenvalue weighted by atomic mass is 32.2. The van der Waals surface area contributed by atoms with Gasteiger partial charge in [-0.3, -0.25) is 4.79 Å². The average molecular weight is 391 g/mol. The summed E-state index contributed by atoms with van der Waals surface area (Å²) in [4.78, 5) is 16.6. The smallest absolute Gasteiger partial charge is 0.239 e. The second kappa shape index (κ2) is 8.47.